The highest BCUT2D eigenvalue weighted by Crippen LogP contribution is 2.10. The number of hydrogen-bond donors (Lipinski definition) is 3. The van der Waals surface area contributed by atoms with E-state index in [9.17, 15) is 9.50 Å². The molecular weight excluding hydrogens is 253 g/mol. The topological polar surface area (TPSA) is 71.0 Å². The zero-order chi connectivity index (χ0) is 13.9. The van der Waals surface area contributed by atoms with Gasteiger partial charge in [-0.1, -0.05) is 0 Å². The Labute approximate surface area is 112 Å². The molecular formula is C13H20FNO4. The average molecular weight is 273 g/mol. The van der Waals surface area contributed by atoms with E-state index in [1.165, 1.54) is 24.3 Å². The van der Waals surface area contributed by atoms with Gasteiger partial charge in [0, 0.05) is 13.1 Å². The summed E-state index contributed by atoms with van der Waals surface area (Å²) in [5, 5.41) is 21.1. The number of rotatable bonds is 10. The molecule has 1 atom stereocenters. The van der Waals surface area contributed by atoms with Gasteiger partial charge in [0.25, 0.3) is 0 Å². The Kier molecular flexibility index (Phi) is 8.08. The molecule has 0 aliphatic rings. The number of nitrogens with one attached hydrogen (secondary N) is 1. The van der Waals surface area contributed by atoms with Gasteiger partial charge in [-0.15, -0.1) is 0 Å². The van der Waals surface area contributed by atoms with Crippen LogP contribution in [0, 0.1) is 5.82 Å². The Hall–Kier alpha value is -1.21. The molecule has 0 aliphatic heterocycles. The monoisotopic (exact) mass is 273 g/mol. The van der Waals surface area contributed by atoms with Gasteiger partial charge in [-0.25, -0.2) is 4.39 Å². The summed E-state index contributed by atoms with van der Waals surface area (Å²) in [6.07, 6.45) is -0.650. The quantitative estimate of drug-likeness (QED) is 0.530. The summed E-state index contributed by atoms with van der Waals surface area (Å²) in [6.45, 7) is 1.91. The number of aliphatic hydroxyl groups excluding tert-OH is 2. The van der Waals surface area contributed by atoms with Crippen LogP contribution in [0.2, 0.25) is 0 Å². The minimum absolute atomic E-state index is 0.00807. The van der Waals surface area contributed by atoms with Crippen LogP contribution < -0.4 is 10.1 Å². The summed E-state index contributed by atoms with van der Waals surface area (Å²) in [5.74, 6) is 0.198. The summed E-state index contributed by atoms with van der Waals surface area (Å²) in [7, 11) is 0. The molecule has 0 fully saturated rings. The maximum Gasteiger partial charge on any atom is 0.123 e. The first-order chi connectivity index (χ1) is 9.22. The van der Waals surface area contributed by atoms with Gasteiger partial charge >= 0.3 is 0 Å². The highest BCUT2D eigenvalue weighted by atomic mass is 19.1. The van der Waals surface area contributed by atoms with Crippen molar-refractivity contribution in [2.75, 3.05) is 39.5 Å². The van der Waals surface area contributed by atoms with Crippen LogP contribution in [0.4, 0.5) is 4.39 Å². The molecule has 6 heteroatoms. The van der Waals surface area contributed by atoms with Crippen molar-refractivity contribution >= 4 is 0 Å². The Morgan fingerprint density at radius 3 is 2.63 bits per heavy atom. The third-order valence-electron chi connectivity index (χ3n) is 2.29. The van der Waals surface area contributed by atoms with Crippen LogP contribution in [0.5, 0.6) is 5.75 Å². The Morgan fingerprint density at radius 1 is 1.21 bits per heavy atom. The lowest BCUT2D eigenvalue weighted by Crippen LogP contribution is -2.33. The lowest BCUT2D eigenvalue weighted by molar-refractivity contribution is 0.0842. The molecule has 1 aromatic carbocycles. The fourth-order valence-electron chi connectivity index (χ4n) is 1.36. The Balaban J connectivity index is 2.04. The highest BCUT2D eigenvalue weighted by Gasteiger charge is 2.04. The molecule has 0 aromatic heterocycles. The predicted octanol–water partition coefficient (Wildman–Crippen LogP) is 0.164. The van der Waals surface area contributed by atoms with E-state index in [0.717, 1.165) is 0 Å². The first-order valence-corrected chi connectivity index (χ1v) is 6.18. The standard InChI is InChI=1S/C13H20FNO4/c14-11-1-3-13(4-2-11)19-10-12(17)9-15-5-7-18-8-6-16/h1-4,12,15-17H,5-10H2. The molecule has 1 aromatic rings. The largest absolute Gasteiger partial charge is 0.491 e. The summed E-state index contributed by atoms with van der Waals surface area (Å²) in [6, 6.07) is 5.63. The summed E-state index contributed by atoms with van der Waals surface area (Å²) in [4.78, 5) is 0. The summed E-state index contributed by atoms with van der Waals surface area (Å²) < 4.78 is 23.0. The molecule has 0 aliphatic carbocycles. The van der Waals surface area contributed by atoms with Crippen molar-refractivity contribution in [2.45, 2.75) is 6.10 Å². The van der Waals surface area contributed by atoms with E-state index >= 15 is 0 Å². The van der Waals surface area contributed by atoms with Crippen molar-refractivity contribution in [1.82, 2.24) is 5.32 Å². The lowest BCUT2D eigenvalue weighted by Gasteiger charge is -2.13. The van der Waals surface area contributed by atoms with Gasteiger partial charge in [0.2, 0.25) is 0 Å². The summed E-state index contributed by atoms with van der Waals surface area (Å²) >= 11 is 0. The second kappa shape index (κ2) is 9.69. The van der Waals surface area contributed by atoms with E-state index < -0.39 is 6.10 Å². The molecule has 19 heavy (non-hydrogen) atoms. The van der Waals surface area contributed by atoms with Gasteiger partial charge in [0.15, 0.2) is 0 Å². The Morgan fingerprint density at radius 2 is 1.95 bits per heavy atom. The van der Waals surface area contributed by atoms with Gasteiger partial charge in [-0.05, 0) is 24.3 Å². The van der Waals surface area contributed by atoms with E-state index in [1.807, 2.05) is 0 Å². The van der Waals surface area contributed by atoms with Crippen LogP contribution in [-0.4, -0.2) is 55.8 Å². The van der Waals surface area contributed by atoms with Gasteiger partial charge < -0.3 is 25.0 Å². The number of benzene rings is 1. The predicted molar refractivity (Wildman–Crippen MR) is 68.7 cm³/mol. The second-order valence-corrected chi connectivity index (χ2v) is 3.96. The molecule has 0 saturated carbocycles. The molecule has 0 saturated heterocycles. The maximum absolute atomic E-state index is 12.6. The molecule has 0 amide bonds. The number of aliphatic hydroxyl groups is 2. The van der Waals surface area contributed by atoms with Gasteiger partial charge in [0.1, 0.15) is 24.3 Å². The smallest absolute Gasteiger partial charge is 0.123 e. The van der Waals surface area contributed by atoms with E-state index in [0.29, 0.717) is 32.1 Å². The SMILES string of the molecule is OCCOCCNCC(O)COc1ccc(F)cc1. The van der Waals surface area contributed by atoms with Crippen molar-refractivity contribution in [3.05, 3.63) is 30.1 Å². The summed E-state index contributed by atoms with van der Waals surface area (Å²) in [5.41, 5.74) is 0. The van der Waals surface area contributed by atoms with Crippen molar-refractivity contribution in [1.29, 1.82) is 0 Å². The van der Waals surface area contributed by atoms with E-state index in [1.54, 1.807) is 0 Å². The highest BCUT2D eigenvalue weighted by molar-refractivity contribution is 5.22. The van der Waals surface area contributed by atoms with Crippen LogP contribution in [-0.2, 0) is 4.74 Å². The van der Waals surface area contributed by atoms with E-state index in [4.69, 9.17) is 14.6 Å². The molecule has 1 rings (SSSR count). The first-order valence-electron chi connectivity index (χ1n) is 6.18. The Bertz CT molecular complexity index is 334. The second-order valence-electron chi connectivity index (χ2n) is 3.96. The third kappa shape index (κ3) is 7.74. The van der Waals surface area contributed by atoms with Crippen molar-refractivity contribution < 1.29 is 24.1 Å². The molecule has 3 N–H and O–H groups in total. The molecule has 0 spiro atoms. The normalized spacial score (nSPS) is 12.4. The first kappa shape index (κ1) is 15.8. The average Bonchev–Trinajstić information content (AvgIpc) is 2.42. The van der Waals surface area contributed by atoms with Crippen LogP contribution in [0.25, 0.3) is 0 Å². The molecule has 0 bridgehead atoms. The van der Waals surface area contributed by atoms with Gasteiger partial charge in [-0.2, -0.15) is 0 Å². The van der Waals surface area contributed by atoms with Crippen LogP contribution in [0.3, 0.4) is 0 Å². The molecule has 5 nitrogen and oxygen atoms in total. The van der Waals surface area contributed by atoms with Gasteiger partial charge in [0.05, 0.1) is 19.8 Å². The maximum atomic E-state index is 12.6. The zero-order valence-electron chi connectivity index (χ0n) is 10.7. The van der Waals surface area contributed by atoms with Crippen molar-refractivity contribution in [3.63, 3.8) is 0 Å². The number of hydrogen-bond acceptors (Lipinski definition) is 5. The van der Waals surface area contributed by atoms with Gasteiger partial charge in [-0.3, -0.25) is 0 Å². The van der Waals surface area contributed by atoms with Crippen LogP contribution in [0.15, 0.2) is 24.3 Å². The van der Waals surface area contributed by atoms with E-state index in [2.05, 4.69) is 5.32 Å². The number of ether oxygens (including phenoxy) is 2. The fraction of sp³-hybridized carbons (Fsp3) is 0.538. The zero-order valence-corrected chi connectivity index (χ0v) is 10.7. The van der Waals surface area contributed by atoms with Crippen molar-refractivity contribution in [2.24, 2.45) is 0 Å². The molecule has 1 unspecified atom stereocenters. The number of halogens is 1. The molecule has 0 radical (unpaired) electrons. The molecule has 0 heterocycles. The van der Waals surface area contributed by atoms with E-state index in [-0.39, 0.29) is 19.0 Å². The minimum atomic E-state index is -0.650. The molecule has 108 valence electrons. The fourth-order valence-corrected chi connectivity index (χ4v) is 1.36. The van der Waals surface area contributed by atoms with Crippen LogP contribution >= 0.6 is 0 Å². The lowest BCUT2D eigenvalue weighted by atomic mass is 10.3. The third-order valence-corrected chi connectivity index (χ3v) is 2.29. The van der Waals surface area contributed by atoms with Crippen molar-refractivity contribution in [3.8, 4) is 5.75 Å². The van der Waals surface area contributed by atoms with Crippen LogP contribution in [0.1, 0.15) is 0 Å². The minimum Gasteiger partial charge on any atom is -0.491 e.